The molecule has 1 aliphatic heterocycles. The molecule has 3 aromatic rings. The van der Waals surface area contributed by atoms with Crippen molar-refractivity contribution in [3.05, 3.63) is 77.6 Å². The fourth-order valence-corrected chi connectivity index (χ4v) is 3.92. The van der Waals surface area contributed by atoms with E-state index in [0.29, 0.717) is 13.2 Å². The molecular weight excluding hydrogens is 364 g/mol. The number of hydrogen-bond donors (Lipinski definition) is 0. The van der Waals surface area contributed by atoms with Crippen LogP contribution in [0.1, 0.15) is 23.0 Å². The molecule has 0 N–H and O–H groups in total. The molecule has 1 atom stereocenters. The summed E-state index contributed by atoms with van der Waals surface area (Å²) >= 11 is 0. The number of ether oxygens (including phenoxy) is 1. The van der Waals surface area contributed by atoms with Crippen molar-refractivity contribution in [1.29, 1.82) is 0 Å². The Balaban J connectivity index is 1.50. The van der Waals surface area contributed by atoms with Crippen molar-refractivity contribution in [1.82, 2.24) is 30.0 Å². The van der Waals surface area contributed by atoms with E-state index < -0.39 is 0 Å². The number of tetrazole rings is 1. The molecule has 4 rings (SSSR count). The lowest BCUT2D eigenvalue weighted by atomic mass is 10.0. The third-order valence-electron chi connectivity index (χ3n) is 5.45. The van der Waals surface area contributed by atoms with Crippen LogP contribution in [0.4, 0.5) is 0 Å². The highest BCUT2D eigenvalue weighted by molar-refractivity contribution is 5.25. The van der Waals surface area contributed by atoms with Crippen molar-refractivity contribution in [2.24, 2.45) is 0 Å². The summed E-state index contributed by atoms with van der Waals surface area (Å²) < 4.78 is 7.11. The summed E-state index contributed by atoms with van der Waals surface area (Å²) in [5.41, 5.74) is 2.58. The third kappa shape index (κ3) is 4.87. The molecule has 0 unspecified atom stereocenters. The molecule has 1 aromatic heterocycles. The van der Waals surface area contributed by atoms with Crippen LogP contribution < -0.4 is 0 Å². The zero-order valence-corrected chi connectivity index (χ0v) is 16.9. The lowest BCUT2D eigenvalue weighted by Gasteiger charge is -2.39. The van der Waals surface area contributed by atoms with E-state index in [4.69, 9.17) is 4.74 Å². The maximum atomic E-state index is 5.24. The Morgan fingerprint density at radius 1 is 0.931 bits per heavy atom. The Hall–Kier alpha value is -2.61. The quantitative estimate of drug-likeness (QED) is 0.586. The number of hydrogen-bond acceptors (Lipinski definition) is 6. The summed E-state index contributed by atoms with van der Waals surface area (Å²) in [6.07, 6.45) is 0. The largest absolute Gasteiger partial charge is 0.383 e. The van der Waals surface area contributed by atoms with Gasteiger partial charge in [-0.25, -0.2) is 4.68 Å². The van der Waals surface area contributed by atoms with Crippen molar-refractivity contribution in [2.75, 3.05) is 39.9 Å². The maximum Gasteiger partial charge on any atom is 0.173 e. The average Bonchev–Trinajstić information content (AvgIpc) is 3.23. The van der Waals surface area contributed by atoms with Gasteiger partial charge in [-0.2, -0.15) is 0 Å². The van der Waals surface area contributed by atoms with E-state index in [1.165, 1.54) is 11.1 Å². The van der Waals surface area contributed by atoms with E-state index in [9.17, 15) is 0 Å². The minimum atomic E-state index is 0.0435. The molecule has 2 heterocycles. The van der Waals surface area contributed by atoms with Crippen LogP contribution >= 0.6 is 0 Å². The van der Waals surface area contributed by atoms with E-state index in [1.807, 2.05) is 10.7 Å². The first-order chi connectivity index (χ1) is 14.3. The van der Waals surface area contributed by atoms with Crippen LogP contribution in [0.15, 0.2) is 60.7 Å². The van der Waals surface area contributed by atoms with Gasteiger partial charge in [-0.1, -0.05) is 60.7 Å². The average molecular weight is 393 g/mol. The highest BCUT2D eigenvalue weighted by Gasteiger charge is 2.30. The molecule has 0 bridgehead atoms. The Labute approximate surface area is 171 Å². The predicted molar refractivity (Wildman–Crippen MR) is 111 cm³/mol. The van der Waals surface area contributed by atoms with Crippen molar-refractivity contribution in [3.63, 3.8) is 0 Å². The molecule has 152 valence electrons. The first-order valence-electron chi connectivity index (χ1n) is 10.2. The molecule has 0 aliphatic carbocycles. The Morgan fingerprint density at radius 3 is 2.31 bits per heavy atom. The zero-order chi connectivity index (χ0) is 19.9. The summed E-state index contributed by atoms with van der Waals surface area (Å²) in [5, 5.41) is 12.6. The Kier molecular flexibility index (Phi) is 6.61. The molecule has 2 aromatic carbocycles. The number of methoxy groups -OCH3 is 1. The summed E-state index contributed by atoms with van der Waals surface area (Å²) in [7, 11) is 1.70. The summed E-state index contributed by atoms with van der Waals surface area (Å²) in [5.74, 6) is 0.879. The molecule has 0 radical (unpaired) electrons. The van der Waals surface area contributed by atoms with Crippen LogP contribution in [0.2, 0.25) is 0 Å². The van der Waals surface area contributed by atoms with Crippen LogP contribution in [0.25, 0.3) is 0 Å². The highest BCUT2D eigenvalue weighted by Crippen LogP contribution is 2.28. The van der Waals surface area contributed by atoms with Crippen molar-refractivity contribution < 1.29 is 4.74 Å². The molecule has 29 heavy (non-hydrogen) atoms. The SMILES string of the molecule is COCCn1nnnc1[C@H](c1ccccc1)N1CCN(Cc2ccccc2)CC1. The topological polar surface area (TPSA) is 59.3 Å². The first kappa shape index (κ1) is 19.7. The minimum absolute atomic E-state index is 0.0435. The fraction of sp³-hybridized carbons (Fsp3) is 0.409. The van der Waals surface area contributed by atoms with E-state index in [-0.39, 0.29) is 6.04 Å². The first-order valence-corrected chi connectivity index (χ1v) is 10.2. The van der Waals surface area contributed by atoms with Gasteiger partial charge in [0.15, 0.2) is 5.82 Å². The third-order valence-corrected chi connectivity index (χ3v) is 5.45. The fourth-order valence-electron chi connectivity index (χ4n) is 3.92. The van der Waals surface area contributed by atoms with E-state index in [2.05, 4.69) is 79.9 Å². The van der Waals surface area contributed by atoms with E-state index in [0.717, 1.165) is 38.5 Å². The van der Waals surface area contributed by atoms with Crippen LogP contribution in [-0.4, -0.2) is 69.9 Å². The lowest BCUT2D eigenvalue weighted by molar-refractivity contribution is 0.0989. The van der Waals surface area contributed by atoms with Crippen LogP contribution in [0, 0.1) is 0 Å². The number of nitrogens with zero attached hydrogens (tertiary/aromatic N) is 6. The number of benzene rings is 2. The standard InChI is InChI=1S/C22H28N6O/c1-29-17-16-28-22(23-24-25-28)21(20-10-6-3-7-11-20)27-14-12-26(13-15-27)18-19-8-4-2-5-9-19/h2-11,21H,12-18H2,1H3/t21-/m0/s1. The second-order valence-electron chi connectivity index (χ2n) is 7.36. The van der Waals surface area contributed by atoms with Gasteiger partial charge in [0.05, 0.1) is 19.2 Å². The zero-order valence-electron chi connectivity index (χ0n) is 16.9. The number of rotatable bonds is 8. The maximum absolute atomic E-state index is 5.24. The Morgan fingerprint density at radius 2 is 1.62 bits per heavy atom. The lowest BCUT2D eigenvalue weighted by Crippen LogP contribution is -2.48. The van der Waals surface area contributed by atoms with Crippen LogP contribution in [0.3, 0.4) is 0 Å². The molecule has 7 nitrogen and oxygen atoms in total. The molecule has 7 heteroatoms. The van der Waals surface area contributed by atoms with Gasteiger partial charge in [-0.15, -0.1) is 5.10 Å². The smallest absolute Gasteiger partial charge is 0.173 e. The second kappa shape index (κ2) is 9.73. The van der Waals surface area contributed by atoms with E-state index >= 15 is 0 Å². The van der Waals surface area contributed by atoms with Gasteiger partial charge in [-0.05, 0) is 21.6 Å². The van der Waals surface area contributed by atoms with Gasteiger partial charge < -0.3 is 4.74 Å². The number of piperazine rings is 1. The summed E-state index contributed by atoms with van der Waals surface area (Å²) in [6, 6.07) is 21.3. The number of aromatic nitrogens is 4. The predicted octanol–water partition coefficient (Wildman–Crippen LogP) is 2.23. The second-order valence-corrected chi connectivity index (χ2v) is 7.36. The monoisotopic (exact) mass is 392 g/mol. The van der Waals surface area contributed by atoms with Gasteiger partial charge in [-0.3, -0.25) is 9.80 Å². The van der Waals surface area contributed by atoms with Gasteiger partial charge >= 0.3 is 0 Å². The molecule has 1 fully saturated rings. The van der Waals surface area contributed by atoms with E-state index in [1.54, 1.807) is 7.11 Å². The van der Waals surface area contributed by atoms with Crippen LogP contribution in [0.5, 0.6) is 0 Å². The highest BCUT2D eigenvalue weighted by atomic mass is 16.5. The summed E-state index contributed by atoms with van der Waals surface area (Å²) in [6.45, 7) is 6.24. The van der Waals surface area contributed by atoms with Gasteiger partial charge in [0.2, 0.25) is 0 Å². The molecular formula is C22H28N6O. The van der Waals surface area contributed by atoms with Crippen molar-refractivity contribution >= 4 is 0 Å². The molecule has 1 aliphatic rings. The van der Waals surface area contributed by atoms with Gasteiger partial charge in [0, 0.05) is 39.8 Å². The molecule has 0 saturated carbocycles. The molecule has 0 amide bonds. The molecule has 1 saturated heterocycles. The van der Waals surface area contributed by atoms with Gasteiger partial charge in [0.1, 0.15) is 0 Å². The summed E-state index contributed by atoms with van der Waals surface area (Å²) in [4.78, 5) is 5.01. The minimum Gasteiger partial charge on any atom is -0.383 e. The Bertz CT molecular complexity index is 861. The van der Waals surface area contributed by atoms with Crippen molar-refractivity contribution in [3.8, 4) is 0 Å². The van der Waals surface area contributed by atoms with Crippen LogP contribution in [-0.2, 0) is 17.8 Å². The molecule has 0 spiro atoms. The van der Waals surface area contributed by atoms with Gasteiger partial charge in [0.25, 0.3) is 0 Å². The van der Waals surface area contributed by atoms with Crippen molar-refractivity contribution in [2.45, 2.75) is 19.1 Å². The normalized spacial score (nSPS) is 16.7.